The third-order valence-electron chi connectivity index (χ3n) is 1.92. The number of hydrogen-bond acceptors (Lipinski definition) is 10. The molecule has 10 nitrogen and oxygen atoms in total. The molecule has 0 fully saturated rings. The van der Waals surface area contributed by atoms with Gasteiger partial charge in [-0.1, -0.05) is 0 Å². The molecular weight excluding hydrogens is 325 g/mol. The Morgan fingerprint density at radius 2 is 0.909 bits per heavy atom. The molecule has 0 aromatic carbocycles. The number of nitrogens with two attached hydrogens (primary N) is 2. The Bertz CT molecular complexity index is 333. The number of carboxylic acids is 4. The van der Waals surface area contributed by atoms with E-state index >= 15 is 0 Å². The molecule has 0 bridgehead atoms. The number of carboxylic acid groups (broad SMARTS) is 4. The molecule has 0 rings (SSSR count). The molecule has 0 amide bonds. The molecule has 0 aliphatic rings. The third kappa shape index (κ3) is 21.6. The van der Waals surface area contributed by atoms with Crippen LogP contribution in [0.3, 0.4) is 0 Å². The number of carbonyl (C=O) groups is 4. The Morgan fingerprint density at radius 3 is 1.05 bits per heavy atom. The van der Waals surface area contributed by atoms with Crippen LogP contribution in [0.4, 0.5) is 0 Å². The Balaban J connectivity index is -0.000000135. The van der Waals surface area contributed by atoms with E-state index in [-0.39, 0.29) is 71.8 Å². The van der Waals surface area contributed by atoms with Gasteiger partial charge in [-0.15, -0.1) is 0 Å². The van der Waals surface area contributed by atoms with Crippen molar-refractivity contribution < 1.29 is 39.6 Å². The van der Waals surface area contributed by atoms with Gasteiger partial charge in [0.2, 0.25) is 0 Å². The largest absolute Gasteiger partial charge is 2.00 e. The average Bonchev–Trinajstić information content (AvgIpc) is 2.33. The fraction of sp³-hybridized carbons (Fsp3) is 0.600. The summed E-state index contributed by atoms with van der Waals surface area (Å²) in [5.41, 5.74) is 9.82. The van der Waals surface area contributed by atoms with Gasteiger partial charge in [0.05, 0.1) is 11.9 Å². The van der Waals surface area contributed by atoms with Gasteiger partial charge in [-0.2, -0.15) is 0 Å². The maximum atomic E-state index is 9.86. The Morgan fingerprint density at radius 1 is 0.682 bits per heavy atom. The summed E-state index contributed by atoms with van der Waals surface area (Å²) in [4.78, 5) is 39.2. The molecule has 116 valence electrons. The summed E-state index contributed by atoms with van der Waals surface area (Å²) in [6.07, 6.45) is -1.00. The van der Waals surface area contributed by atoms with Gasteiger partial charge in [0.25, 0.3) is 0 Å². The molecular formula is C10H14Mg2N2O8. The summed E-state index contributed by atoms with van der Waals surface area (Å²) in [5.74, 6) is -5.50. The molecule has 0 aliphatic heterocycles. The fourth-order valence-electron chi connectivity index (χ4n) is 0.782. The predicted octanol–water partition coefficient (Wildman–Crippen LogP) is -7.57. The number of aliphatic carboxylic acids is 4. The zero-order chi connectivity index (χ0) is 16.3. The Labute approximate surface area is 158 Å². The summed E-state index contributed by atoms with van der Waals surface area (Å²) in [7, 11) is 0. The van der Waals surface area contributed by atoms with Crippen LogP contribution in [-0.2, 0) is 19.2 Å². The Kier molecular flexibility index (Phi) is 22.3. The summed E-state index contributed by atoms with van der Waals surface area (Å²) in [6.45, 7) is 0. The van der Waals surface area contributed by atoms with Crippen molar-refractivity contribution in [2.45, 2.75) is 37.8 Å². The molecule has 0 spiro atoms. The molecule has 0 aromatic rings. The van der Waals surface area contributed by atoms with Gasteiger partial charge < -0.3 is 51.1 Å². The SMILES string of the molecule is N[C@@H](CCC(=O)[O-])C(=O)[O-].N[C@H](CCC(=O)[O-])C(=O)[O-].[Mg+2].[Mg+2]. The van der Waals surface area contributed by atoms with Gasteiger partial charge >= 0.3 is 46.1 Å². The van der Waals surface area contributed by atoms with Crippen molar-refractivity contribution in [2.75, 3.05) is 0 Å². The van der Waals surface area contributed by atoms with E-state index in [1.165, 1.54) is 0 Å². The second-order valence-electron chi connectivity index (χ2n) is 3.67. The molecule has 4 N–H and O–H groups in total. The van der Waals surface area contributed by atoms with E-state index in [0.29, 0.717) is 0 Å². The maximum absolute atomic E-state index is 9.86. The van der Waals surface area contributed by atoms with Crippen molar-refractivity contribution in [1.29, 1.82) is 0 Å². The molecule has 0 heterocycles. The van der Waals surface area contributed by atoms with Crippen LogP contribution in [-0.4, -0.2) is 82.1 Å². The van der Waals surface area contributed by atoms with Crippen molar-refractivity contribution >= 4 is 70.0 Å². The van der Waals surface area contributed by atoms with Crippen molar-refractivity contribution in [3.63, 3.8) is 0 Å². The van der Waals surface area contributed by atoms with Crippen LogP contribution >= 0.6 is 0 Å². The summed E-state index contributed by atoms with van der Waals surface area (Å²) < 4.78 is 0. The van der Waals surface area contributed by atoms with Gasteiger partial charge in [0, 0.05) is 24.0 Å². The van der Waals surface area contributed by atoms with E-state index in [1.54, 1.807) is 0 Å². The zero-order valence-corrected chi connectivity index (χ0v) is 14.6. The monoisotopic (exact) mass is 338 g/mol. The van der Waals surface area contributed by atoms with Gasteiger partial charge in [0.15, 0.2) is 0 Å². The third-order valence-corrected chi connectivity index (χ3v) is 1.92. The maximum Gasteiger partial charge on any atom is 2.00 e. The second kappa shape index (κ2) is 16.7. The first-order chi connectivity index (χ1) is 9.07. The fourth-order valence-corrected chi connectivity index (χ4v) is 0.782. The summed E-state index contributed by atoms with van der Waals surface area (Å²) in [5, 5.41) is 39.2. The van der Waals surface area contributed by atoms with Crippen molar-refractivity contribution in [3.05, 3.63) is 0 Å². The van der Waals surface area contributed by atoms with Crippen molar-refractivity contribution in [2.24, 2.45) is 11.5 Å². The van der Waals surface area contributed by atoms with Crippen LogP contribution in [0, 0.1) is 0 Å². The normalized spacial score (nSPS) is 11.4. The minimum absolute atomic E-state index is 0. The molecule has 0 aliphatic carbocycles. The first kappa shape index (κ1) is 29.4. The Hall–Kier alpha value is -0.668. The van der Waals surface area contributed by atoms with Gasteiger partial charge in [-0.05, 0) is 25.7 Å². The standard InChI is InChI=1S/2C5H9NO4.2Mg/c2*6-3(5(9)10)1-2-4(7)8;;/h2*3H,1-2,6H2,(H,7,8)(H,9,10);;/q;;2*+2/p-4/t2*3-;;/m10../s1. The summed E-state index contributed by atoms with van der Waals surface area (Å²) in [6, 6.07) is -2.42. The van der Waals surface area contributed by atoms with E-state index in [9.17, 15) is 39.6 Å². The van der Waals surface area contributed by atoms with E-state index in [4.69, 9.17) is 11.5 Å². The first-order valence-corrected chi connectivity index (χ1v) is 5.40. The zero-order valence-electron chi connectivity index (χ0n) is 11.8. The van der Waals surface area contributed by atoms with E-state index < -0.39 is 36.0 Å². The van der Waals surface area contributed by atoms with Crippen LogP contribution in [0.15, 0.2) is 0 Å². The molecule has 0 unspecified atom stereocenters. The molecule has 22 heavy (non-hydrogen) atoms. The van der Waals surface area contributed by atoms with E-state index in [1.807, 2.05) is 0 Å². The van der Waals surface area contributed by atoms with Crippen LogP contribution in [0.25, 0.3) is 0 Å². The van der Waals surface area contributed by atoms with Gasteiger partial charge in [-0.25, -0.2) is 0 Å². The molecule has 2 atom stereocenters. The van der Waals surface area contributed by atoms with E-state index in [2.05, 4.69) is 0 Å². The topological polar surface area (TPSA) is 213 Å². The van der Waals surface area contributed by atoms with Crippen molar-refractivity contribution in [3.8, 4) is 0 Å². The minimum Gasteiger partial charge on any atom is -0.550 e. The molecule has 0 radical (unpaired) electrons. The van der Waals surface area contributed by atoms with Crippen LogP contribution < -0.4 is 31.9 Å². The number of carbonyl (C=O) groups excluding carboxylic acids is 4. The van der Waals surface area contributed by atoms with Gasteiger partial charge in [-0.3, -0.25) is 0 Å². The quantitative estimate of drug-likeness (QED) is 0.398. The van der Waals surface area contributed by atoms with E-state index in [0.717, 1.165) is 0 Å². The summed E-state index contributed by atoms with van der Waals surface area (Å²) >= 11 is 0. The molecule has 0 saturated carbocycles. The molecule has 0 saturated heterocycles. The van der Waals surface area contributed by atoms with Crippen LogP contribution in [0.2, 0.25) is 0 Å². The first-order valence-electron chi connectivity index (χ1n) is 5.40. The number of hydrogen-bond donors (Lipinski definition) is 2. The molecule has 0 aromatic heterocycles. The van der Waals surface area contributed by atoms with Crippen LogP contribution in [0.5, 0.6) is 0 Å². The van der Waals surface area contributed by atoms with Crippen LogP contribution in [0.1, 0.15) is 25.7 Å². The smallest absolute Gasteiger partial charge is 0.550 e. The second-order valence-corrected chi connectivity index (χ2v) is 3.67. The molecule has 12 heteroatoms. The van der Waals surface area contributed by atoms with Crippen molar-refractivity contribution in [1.82, 2.24) is 0 Å². The predicted molar refractivity (Wildman–Crippen MR) is 66.0 cm³/mol. The average molecular weight is 339 g/mol. The van der Waals surface area contributed by atoms with Gasteiger partial charge in [0.1, 0.15) is 0 Å². The number of rotatable bonds is 8. The minimum atomic E-state index is -1.44.